The van der Waals surface area contributed by atoms with E-state index >= 15 is 8.78 Å². The minimum absolute atomic E-state index is 0.103. The van der Waals surface area contributed by atoms with Crippen molar-refractivity contribution in [2.45, 2.75) is 31.9 Å². The second-order valence-electron chi connectivity index (χ2n) is 9.66. The number of furan rings is 1. The zero-order valence-electron chi connectivity index (χ0n) is 20.8. The number of nitrogens with zero attached hydrogens (tertiary/aromatic N) is 5. The first-order chi connectivity index (χ1) is 18.8. The van der Waals surface area contributed by atoms with E-state index in [2.05, 4.69) is 15.1 Å². The summed E-state index contributed by atoms with van der Waals surface area (Å²) in [6, 6.07) is 8.41. The molecule has 0 bridgehead atoms. The molecule has 2 aromatic carbocycles. The van der Waals surface area contributed by atoms with Gasteiger partial charge in [0.15, 0.2) is 0 Å². The Kier molecular flexibility index (Phi) is 6.34. The van der Waals surface area contributed by atoms with Gasteiger partial charge < -0.3 is 13.7 Å². The third kappa shape index (κ3) is 4.54. The SMILES string of the molecule is CN1CCC(n2c(=O)n(Cc3ccc(-c4nnc(C(F)F)o4)cc3F)c3cc(F)c(-c4ccoc4)cc32)CC1. The van der Waals surface area contributed by atoms with E-state index in [4.69, 9.17) is 8.83 Å². The molecule has 5 aromatic rings. The van der Waals surface area contributed by atoms with Gasteiger partial charge >= 0.3 is 12.1 Å². The van der Waals surface area contributed by atoms with Gasteiger partial charge in [0.1, 0.15) is 11.6 Å². The number of benzene rings is 2. The zero-order chi connectivity index (χ0) is 27.3. The second-order valence-corrected chi connectivity index (χ2v) is 9.66. The Bertz CT molecular complexity index is 1700. The number of fused-ring (bicyclic) bond motifs is 1. The third-order valence-electron chi connectivity index (χ3n) is 7.19. The van der Waals surface area contributed by atoms with Gasteiger partial charge in [0, 0.05) is 34.4 Å². The minimum Gasteiger partial charge on any atom is -0.472 e. The number of piperidine rings is 1. The van der Waals surface area contributed by atoms with Crippen molar-refractivity contribution in [1.82, 2.24) is 24.2 Å². The van der Waals surface area contributed by atoms with Gasteiger partial charge in [0.05, 0.1) is 30.1 Å². The highest BCUT2D eigenvalue weighted by Crippen LogP contribution is 2.32. The highest BCUT2D eigenvalue weighted by Gasteiger charge is 2.26. The van der Waals surface area contributed by atoms with Crippen LogP contribution >= 0.6 is 0 Å². The van der Waals surface area contributed by atoms with Crippen molar-refractivity contribution in [2.75, 3.05) is 20.1 Å². The number of halogens is 4. The Morgan fingerprint density at radius 1 is 1.00 bits per heavy atom. The monoisotopic (exact) mass is 541 g/mol. The average Bonchev–Trinajstić information content (AvgIpc) is 3.67. The van der Waals surface area contributed by atoms with E-state index in [1.165, 1.54) is 35.3 Å². The summed E-state index contributed by atoms with van der Waals surface area (Å²) in [6.07, 6.45) is 1.41. The molecular weight excluding hydrogens is 518 g/mol. The number of likely N-dealkylation sites (tertiary alicyclic amines) is 1. The fourth-order valence-corrected chi connectivity index (χ4v) is 5.11. The highest BCUT2D eigenvalue weighted by atomic mass is 19.3. The van der Waals surface area contributed by atoms with E-state index in [9.17, 15) is 13.6 Å². The standard InChI is InChI=1S/C27H23F4N5O3/c1-34-7-4-18(5-8-34)36-23-11-19(17-6-9-38-14-17)21(29)12-22(23)35(27(36)37)13-16-3-2-15(10-20(16)28)25-32-33-26(39-25)24(30)31/h2-3,6,9-12,14,18,24H,4-5,7-8,13H2,1H3. The molecule has 1 fully saturated rings. The van der Waals surface area contributed by atoms with Crippen LogP contribution in [0.4, 0.5) is 17.6 Å². The van der Waals surface area contributed by atoms with E-state index in [1.54, 1.807) is 16.7 Å². The van der Waals surface area contributed by atoms with Gasteiger partial charge in [-0.05, 0) is 57.2 Å². The van der Waals surface area contributed by atoms with Gasteiger partial charge in [-0.1, -0.05) is 6.07 Å². The van der Waals surface area contributed by atoms with E-state index in [-0.39, 0.29) is 35.3 Å². The molecule has 1 aliphatic rings. The maximum Gasteiger partial charge on any atom is 0.329 e. The van der Waals surface area contributed by atoms with Gasteiger partial charge in [-0.3, -0.25) is 9.13 Å². The molecule has 0 unspecified atom stereocenters. The predicted octanol–water partition coefficient (Wildman–Crippen LogP) is 5.64. The fourth-order valence-electron chi connectivity index (χ4n) is 5.11. The fraction of sp³-hybridized carbons (Fsp3) is 0.296. The second kappa shape index (κ2) is 9.84. The van der Waals surface area contributed by atoms with Crippen molar-refractivity contribution in [2.24, 2.45) is 0 Å². The first-order valence-electron chi connectivity index (χ1n) is 12.4. The maximum atomic E-state index is 15.3. The van der Waals surface area contributed by atoms with Gasteiger partial charge in [-0.25, -0.2) is 13.6 Å². The molecule has 0 spiro atoms. The van der Waals surface area contributed by atoms with Crippen LogP contribution in [-0.2, 0) is 6.54 Å². The average molecular weight is 542 g/mol. The van der Waals surface area contributed by atoms with Gasteiger partial charge in [0.25, 0.3) is 5.89 Å². The van der Waals surface area contributed by atoms with Crippen LogP contribution in [0.3, 0.4) is 0 Å². The van der Waals surface area contributed by atoms with Gasteiger partial charge in [-0.2, -0.15) is 8.78 Å². The molecule has 6 rings (SSSR count). The number of rotatable bonds is 6. The van der Waals surface area contributed by atoms with Crippen molar-refractivity contribution >= 4 is 11.0 Å². The summed E-state index contributed by atoms with van der Waals surface area (Å²) < 4.78 is 69.2. The summed E-state index contributed by atoms with van der Waals surface area (Å²) in [5.74, 6) is -2.35. The topological polar surface area (TPSA) is 82.2 Å². The minimum atomic E-state index is -2.95. The lowest BCUT2D eigenvalue weighted by molar-refractivity contribution is 0.116. The van der Waals surface area contributed by atoms with E-state index in [0.717, 1.165) is 32.0 Å². The van der Waals surface area contributed by atoms with Crippen molar-refractivity contribution < 1.29 is 26.4 Å². The number of hydrogen-bond donors (Lipinski definition) is 0. The maximum absolute atomic E-state index is 15.3. The van der Waals surface area contributed by atoms with Gasteiger partial charge in [0.2, 0.25) is 5.89 Å². The molecule has 8 nitrogen and oxygen atoms in total. The Morgan fingerprint density at radius 3 is 2.46 bits per heavy atom. The molecule has 1 saturated heterocycles. The number of imidazole rings is 1. The summed E-state index contributed by atoms with van der Waals surface area (Å²) in [5, 5.41) is 6.80. The Labute approximate surface area is 219 Å². The van der Waals surface area contributed by atoms with Crippen LogP contribution in [-0.4, -0.2) is 44.4 Å². The predicted molar refractivity (Wildman–Crippen MR) is 133 cm³/mol. The Hall–Kier alpha value is -4.19. The number of aromatic nitrogens is 4. The molecule has 0 aliphatic carbocycles. The normalized spacial score (nSPS) is 15.1. The van der Waals surface area contributed by atoms with Crippen LogP contribution in [0, 0.1) is 11.6 Å². The molecule has 202 valence electrons. The quantitative estimate of drug-likeness (QED) is 0.259. The lowest BCUT2D eigenvalue weighted by Gasteiger charge is -2.29. The first-order valence-corrected chi connectivity index (χ1v) is 12.4. The zero-order valence-corrected chi connectivity index (χ0v) is 20.8. The van der Waals surface area contributed by atoms with Gasteiger partial charge in [-0.15, -0.1) is 10.2 Å². The number of alkyl halides is 2. The lowest BCUT2D eigenvalue weighted by atomic mass is 10.0. The molecule has 0 radical (unpaired) electrons. The van der Waals surface area contributed by atoms with E-state index < -0.39 is 24.0 Å². The first kappa shape index (κ1) is 25.1. The molecule has 12 heteroatoms. The molecule has 1 aliphatic heterocycles. The summed E-state index contributed by atoms with van der Waals surface area (Å²) in [4.78, 5) is 16.0. The summed E-state index contributed by atoms with van der Waals surface area (Å²) in [5.41, 5.74) is 1.63. The molecule has 0 saturated carbocycles. The molecule has 3 aromatic heterocycles. The largest absolute Gasteiger partial charge is 0.472 e. The smallest absolute Gasteiger partial charge is 0.329 e. The third-order valence-corrected chi connectivity index (χ3v) is 7.19. The van der Waals surface area contributed by atoms with E-state index in [1.807, 2.05) is 7.05 Å². The van der Waals surface area contributed by atoms with Crippen LogP contribution in [0.5, 0.6) is 0 Å². The summed E-state index contributed by atoms with van der Waals surface area (Å²) >= 11 is 0. The van der Waals surface area contributed by atoms with Crippen LogP contribution in [0.2, 0.25) is 0 Å². The molecule has 0 N–H and O–H groups in total. The highest BCUT2D eigenvalue weighted by molar-refractivity contribution is 5.83. The molecule has 0 amide bonds. The van der Waals surface area contributed by atoms with Crippen molar-refractivity contribution in [3.63, 3.8) is 0 Å². The summed E-state index contributed by atoms with van der Waals surface area (Å²) in [6.45, 7) is 1.44. The van der Waals surface area contributed by atoms with Crippen LogP contribution in [0.15, 0.2) is 62.6 Å². The lowest BCUT2D eigenvalue weighted by Crippen LogP contribution is -2.36. The van der Waals surface area contributed by atoms with Crippen LogP contribution in [0.25, 0.3) is 33.6 Å². The summed E-state index contributed by atoms with van der Waals surface area (Å²) in [7, 11) is 2.02. The van der Waals surface area contributed by atoms with Crippen LogP contribution < -0.4 is 5.69 Å². The van der Waals surface area contributed by atoms with Crippen molar-refractivity contribution in [3.8, 4) is 22.6 Å². The molecule has 0 atom stereocenters. The van der Waals surface area contributed by atoms with Crippen molar-refractivity contribution in [3.05, 3.63) is 82.5 Å². The van der Waals surface area contributed by atoms with Crippen LogP contribution in [0.1, 0.15) is 36.8 Å². The Balaban J connectivity index is 1.43. The van der Waals surface area contributed by atoms with Crippen molar-refractivity contribution in [1.29, 1.82) is 0 Å². The Morgan fingerprint density at radius 2 is 1.79 bits per heavy atom. The van der Waals surface area contributed by atoms with E-state index in [0.29, 0.717) is 22.2 Å². The molecule has 39 heavy (non-hydrogen) atoms. The molecule has 4 heterocycles. The number of hydrogen-bond acceptors (Lipinski definition) is 6. The molecular formula is C27H23F4N5O3.